The lowest BCUT2D eigenvalue weighted by Gasteiger charge is -2.28. The predicted octanol–water partition coefficient (Wildman–Crippen LogP) is 2.71. The number of aromatic nitrogens is 4. The lowest BCUT2D eigenvalue weighted by atomic mass is 9.85. The van der Waals surface area contributed by atoms with E-state index in [1.165, 1.54) is 19.0 Å². The maximum atomic E-state index is 11.9. The number of nitrogens with one attached hydrogen (secondary N) is 2. The van der Waals surface area contributed by atoms with Crippen molar-refractivity contribution in [2.45, 2.75) is 31.7 Å². The molecule has 0 bridgehead atoms. The van der Waals surface area contributed by atoms with Gasteiger partial charge in [-0.3, -0.25) is 4.79 Å². The minimum Gasteiger partial charge on any atom is -0.365 e. The molecule has 3 aromatic rings. The van der Waals surface area contributed by atoms with E-state index in [9.17, 15) is 4.79 Å². The highest BCUT2D eigenvalue weighted by Gasteiger charge is 2.22. The van der Waals surface area contributed by atoms with Crippen LogP contribution in [-0.2, 0) is 0 Å². The molecular formula is C22H26N8O. The summed E-state index contributed by atoms with van der Waals surface area (Å²) in [7, 11) is 0. The fourth-order valence-electron chi connectivity index (χ4n) is 3.78. The standard InChI is InChI=1S/C22H26N8O/c23-18-8-2-1-5-15(18)12-27-22-28-13-17(19(24)31)21(30-22)29-16-7-3-6-14(11-16)20-25-9-4-10-26-20/h3-4,6-7,9-11,13,15,18H,1-2,5,8,12,23H2,(H2,24,31)(H2,27,28,29,30)/t15-,18-/m0/s1. The Morgan fingerprint density at radius 1 is 1.10 bits per heavy atom. The Balaban J connectivity index is 1.54. The Bertz CT molecular complexity index is 1040. The Hall–Kier alpha value is -3.59. The van der Waals surface area contributed by atoms with Crippen molar-refractivity contribution >= 4 is 23.4 Å². The van der Waals surface area contributed by atoms with Crippen molar-refractivity contribution in [3.63, 3.8) is 0 Å². The maximum absolute atomic E-state index is 11.9. The third-order valence-corrected chi connectivity index (χ3v) is 5.49. The molecule has 31 heavy (non-hydrogen) atoms. The van der Waals surface area contributed by atoms with E-state index in [-0.39, 0.29) is 11.6 Å². The van der Waals surface area contributed by atoms with Crippen LogP contribution < -0.4 is 22.1 Å². The van der Waals surface area contributed by atoms with E-state index in [0.29, 0.717) is 30.1 Å². The highest BCUT2D eigenvalue weighted by atomic mass is 16.1. The SMILES string of the molecule is NC(=O)c1cnc(NC[C@@H]2CCCC[C@@H]2N)nc1Nc1cccc(-c2ncccn2)c1. The topological polar surface area (TPSA) is 145 Å². The quantitative estimate of drug-likeness (QED) is 0.458. The summed E-state index contributed by atoms with van der Waals surface area (Å²) >= 11 is 0. The molecule has 1 amide bonds. The van der Waals surface area contributed by atoms with Gasteiger partial charge in [-0.25, -0.2) is 15.0 Å². The van der Waals surface area contributed by atoms with E-state index in [2.05, 4.69) is 30.6 Å². The van der Waals surface area contributed by atoms with Crippen LogP contribution in [0.5, 0.6) is 0 Å². The van der Waals surface area contributed by atoms with Crippen LogP contribution >= 0.6 is 0 Å². The number of nitrogens with zero attached hydrogens (tertiary/aromatic N) is 4. The smallest absolute Gasteiger partial charge is 0.254 e. The molecule has 1 aromatic carbocycles. The average molecular weight is 419 g/mol. The van der Waals surface area contributed by atoms with Crippen molar-refractivity contribution in [1.82, 2.24) is 19.9 Å². The van der Waals surface area contributed by atoms with Crippen LogP contribution in [-0.4, -0.2) is 38.4 Å². The highest BCUT2D eigenvalue weighted by molar-refractivity contribution is 5.98. The minimum atomic E-state index is -0.606. The van der Waals surface area contributed by atoms with Gasteiger partial charge in [0.1, 0.15) is 11.4 Å². The van der Waals surface area contributed by atoms with Crippen molar-refractivity contribution in [2.75, 3.05) is 17.2 Å². The van der Waals surface area contributed by atoms with E-state index in [4.69, 9.17) is 11.5 Å². The van der Waals surface area contributed by atoms with Crippen molar-refractivity contribution in [3.8, 4) is 11.4 Å². The molecule has 0 saturated heterocycles. The molecule has 1 aliphatic rings. The van der Waals surface area contributed by atoms with Crippen LogP contribution in [0.1, 0.15) is 36.0 Å². The molecule has 0 spiro atoms. The van der Waals surface area contributed by atoms with Gasteiger partial charge in [-0.2, -0.15) is 4.98 Å². The number of primary amides is 1. The molecule has 2 aromatic heterocycles. The molecule has 0 unspecified atom stereocenters. The van der Waals surface area contributed by atoms with Gasteiger partial charge in [-0.1, -0.05) is 25.0 Å². The zero-order chi connectivity index (χ0) is 21.6. The van der Waals surface area contributed by atoms with Gasteiger partial charge in [0, 0.05) is 42.4 Å². The number of carbonyl (C=O) groups is 1. The Kier molecular flexibility index (Phi) is 6.32. The second kappa shape index (κ2) is 9.48. The summed E-state index contributed by atoms with van der Waals surface area (Å²) in [4.78, 5) is 29.2. The number of carbonyl (C=O) groups excluding carboxylic acids is 1. The fraction of sp³-hybridized carbons (Fsp3) is 0.318. The highest BCUT2D eigenvalue weighted by Crippen LogP contribution is 2.25. The Morgan fingerprint density at radius 3 is 2.68 bits per heavy atom. The van der Waals surface area contributed by atoms with Gasteiger partial charge >= 0.3 is 0 Å². The zero-order valence-corrected chi connectivity index (χ0v) is 17.2. The van der Waals surface area contributed by atoms with Crippen LogP contribution in [0.4, 0.5) is 17.5 Å². The van der Waals surface area contributed by atoms with Crippen LogP contribution in [0.3, 0.4) is 0 Å². The number of amides is 1. The van der Waals surface area contributed by atoms with E-state index in [0.717, 1.165) is 24.1 Å². The first-order valence-electron chi connectivity index (χ1n) is 10.4. The maximum Gasteiger partial charge on any atom is 0.254 e. The van der Waals surface area contributed by atoms with E-state index in [1.807, 2.05) is 24.3 Å². The molecule has 9 nitrogen and oxygen atoms in total. The largest absolute Gasteiger partial charge is 0.365 e. The Labute approximate surface area is 180 Å². The summed E-state index contributed by atoms with van der Waals surface area (Å²) in [5.41, 5.74) is 13.5. The van der Waals surface area contributed by atoms with Gasteiger partial charge in [0.15, 0.2) is 5.82 Å². The van der Waals surface area contributed by atoms with Gasteiger partial charge in [0.2, 0.25) is 5.95 Å². The molecule has 9 heteroatoms. The monoisotopic (exact) mass is 418 g/mol. The summed E-state index contributed by atoms with van der Waals surface area (Å²) < 4.78 is 0. The van der Waals surface area contributed by atoms with Gasteiger partial charge in [-0.15, -0.1) is 0 Å². The van der Waals surface area contributed by atoms with Gasteiger partial charge < -0.3 is 22.1 Å². The molecule has 6 N–H and O–H groups in total. The van der Waals surface area contributed by atoms with Crippen LogP contribution in [0.15, 0.2) is 48.9 Å². The summed E-state index contributed by atoms with van der Waals surface area (Å²) in [6.07, 6.45) is 9.32. The number of benzene rings is 1. The number of hydrogen-bond acceptors (Lipinski definition) is 8. The van der Waals surface area contributed by atoms with E-state index in [1.54, 1.807) is 18.5 Å². The third kappa shape index (κ3) is 5.13. The first-order valence-corrected chi connectivity index (χ1v) is 10.4. The molecule has 160 valence electrons. The minimum absolute atomic E-state index is 0.187. The average Bonchev–Trinajstić information content (AvgIpc) is 2.79. The second-order valence-electron chi connectivity index (χ2n) is 7.69. The first-order chi connectivity index (χ1) is 15.1. The number of anilines is 3. The third-order valence-electron chi connectivity index (χ3n) is 5.49. The molecule has 2 atom stereocenters. The van der Waals surface area contributed by atoms with Crippen molar-refractivity contribution < 1.29 is 4.79 Å². The fourth-order valence-corrected chi connectivity index (χ4v) is 3.78. The number of rotatable bonds is 7. The molecule has 0 radical (unpaired) electrons. The summed E-state index contributed by atoms with van der Waals surface area (Å²) in [6.45, 7) is 0.692. The van der Waals surface area contributed by atoms with Crippen molar-refractivity contribution in [2.24, 2.45) is 17.4 Å². The van der Waals surface area contributed by atoms with Gasteiger partial charge in [0.25, 0.3) is 5.91 Å². The summed E-state index contributed by atoms with van der Waals surface area (Å²) in [6, 6.07) is 9.50. The van der Waals surface area contributed by atoms with Crippen LogP contribution in [0, 0.1) is 5.92 Å². The lowest BCUT2D eigenvalue weighted by Crippen LogP contribution is -2.37. The molecule has 2 heterocycles. The number of nitrogens with two attached hydrogens (primary N) is 2. The van der Waals surface area contributed by atoms with Gasteiger partial charge in [-0.05, 0) is 37.0 Å². The Morgan fingerprint density at radius 2 is 1.90 bits per heavy atom. The molecule has 0 aliphatic heterocycles. The summed E-state index contributed by atoms with van der Waals surface area (Å²) in [5.74, 6) is 1.14. The molecule has 4 rings (SSSR count). The van der Waals surface area contributed by atoms with Crippen molar-refractivity contribution in [1.29, 1.82) is 0 Å². The first kappa shape index (κ1) is 20.7. The molecule has 1 saturated carbocycles. The normalized spacial score (nSPS) is 18.4. The van der Waals surface area contributed by atoms with Gasteiger partial charge in [0.05, 0.1) is 0 Å². The number of hydrogen-bond donors (Lipinski definition) is 4. The predicted molar refractivity (Wildman–Crippen MR) is 120 cm³/mol. The van der Waals surface area contributed by atoms with Crippen molar-refractivity contribution in [3.05, 3.63) is 54.5 Å². The van der Waals surface area contributed by atoms with Crippen LogP contribution in [0.25, 0.3) is 11.4 Å². The lowest BCUT2D eigenvalue weighted by molar-refractivity contribution is 0.100. The van der Waals surface area contributed by atoms with Crippen LogP contribution in [0.2, 0.25) is 0 Å². The molecule has 1 aliphatic carbocycles. The second-order valence-corrected chi connectivity index (χ2v) is 7.69. The van der Waals surface area contributed by atoms with E-state index >= 15 is 0 Å². The molecular weight excluding hydrogens is 392 g/mol. The zero-order valence-electron chi connectivity index (χ0n) is 17.2. The molecule has 1 fully saturated rings. The van der Waals surface area contributed by atoms with E-state index < -0.39 is 5.91 Å². The summed E-state index contributed by atoms with van der Waals surface area (Å²) in [5, 5.41) is 6.44.